The molecule has 2 N–H and O–H groups in total. The Morgan fingerprint density at radius 2 is 2.00 bits per heavy atom. The highest BCUT2D eigenvalue weighted by Crippen LogP contribution is 2.47. The molecule has 0 aliphatic heterocycles. The summed E-state index contributed by atoms with van der Waals surface area (Å²) in [6, 6.07) is 9.95. The van der Waals surface area contributed by atoms with E-state index in [1.807, 2.05) is 37.4 Å². The van der Waals surface area contributed by atoms with Gasteiger partial charge >= 0.3 is 0 Å². The Kier molecular flexibility index (Phi) is 3.90. The third kappa shape index (κ3) is 2.63. The molecule has 2 rings (SSSR count). The van der Waals surface area contributed by atoms with Crippen LogP contribution in [0, 0.1) is 11.3 Å². The van der Waals surface area contributed by atoms with Crippen LogP contribution in [0.2, 0.25) is 0 Å². The van der Waals surface area contributed by atoms with Crippen LogP contribution < -0.4 is 5.73 Å². The molecule has 0 unspecified atom stereocenters. The highest BCUT2D eigenvalue weighted by atomic mass is 32.1. The van der Waals surface area contributed by atoms with Gasteiger partial charge in [-0.15, -0.1) is 0 Å². The first-order valence-electron chi connectivity index (χ1n) is 6.55. The molecule has 3 nitrogen and oxygen atoms in total. The molecule has 1 aromatic rings. The highest BCUT2D eigenvalue weighted by Gasteiger charge is 2.51. The predicted molar refractivity (Wildman–Crippen MR) is 80.5 cm³/mol. The Labute approximate surface area is 119 Å². The predicted octanol–water partition coefficient (Wildman–Crippen LogP) is 2.35. The van der Waals surface area contributed by atoms with Gasteiger partial charge in [-0.3, -0.25) is 4.79 Å². The molecule has 1 amide bonds. The molecule has 0 radical (unpaired) electrons. The molecular weight excluding hydrogens is 256 g/mol. The van der Waals surface area contributed by atoms with E-state index >= 15 is 0 Å². The molecular formula is C15H20N2OS. The lowest BCUT2D eigenvalue weighted by atomic mass is 9.61. The lowest BCUT2D eigenvalue weighted by Crippen LogP contribution is -2.56. The van der Waals surface area contributed by atoms with Crippen molar-refractivity contribution >= 4 is 23.1 Å². The van der Waals surface area contributed by atoms with Gasteiger partial charge in [0.05, 0.1) is 10.4 Å². The number of thiocarbonyl (C=S) groups is 1. The smallest absolute Gasteiger partial charge is 0.235 e. The van der Waals surface area contributed by atoms with Crippen molar-refractivity contribution in [3.05, 3.63) is 35.9 Å². The van der Waals surface area contributed by atoms with E-state index in [1.54, 1.807) is 4.90 Å². The van der Waals surface area contributed by atoms with Crippen molar-refractivity contribution in [1.29, 1.82) is 0 Å². The van der Waals surface area contributed by atoms with E-state index in [1.165, 1.54) is 0 Å². The maximum atomic E-state index is 12.6. The Morgan fingerprint density at radius 1 is 1.42 bits per heavy atom. The van der Waals surface area contributed by atoms with Crippen LogP contribution in [-0.2, 0) is 11.3 Å². The molecule has 1 aliphatic rings. The molecule has 1 saturated carbocycles. The molecule has 0 saturated heterocycles. The van der Waals surface area contributed by atoms with E-state index in [0.717, 1.165) is 18.4 Å². The Morgan fingerprint density at radius 3 is 2.47 bits per heavy atom. The zero-order chi connectivity index (χ0) is 14.0. The molecule has 102 valence electrons. The van der Waals surface area contributed by atoms with Gasteiger partial charge in [0.1, 0.15) is 0 Å². The molecule has 4 heteroatoms. The molecule has 0 bridgehead atoms. The summed E-state index contributed by atoms with van der Waals surface area (Å²) in [4.78, 5) is 14.7. The van der Waals surface area contributed by atoms with E-state index in [2.05, 4.69) is 6.92 Å². The SMILES string of the molecule is CC1CC(C(=O)N(C)Cc2ccccc2)(C(N)=S)C1. The van der Waals surface area contributed by atoms with E-state index in [0.29, 0.717) is 17.5 Å². The number of hydrogen-bond donors (Lipinski definition) is 1. The fourth-order valence-electron chi connectivity index (χ4n) is 2.91. The molecule has 1 aromatic carbocycles. The number of amides is 1. The summed E-state index contributed by atoms with van der Waals surface area (Å²) in [5.74, 6) is 0.581. The average Bonchev–Trinajstić information content (AvgIpc) is 2.34. The van der Waals surface area contributed by atoms with Crippen LogP contribution in [0.25, 0.3) is 0 Å². The van der Waals surface area contributed by atoms with E-state index < -0.39 is 5.41 Å². The fourth-order valence-corrected chi connectivity index (χ4v) is 3.16. The summed E-state index contributed by atoms with van der Waals surface area (Å²) >= 11 is 5.12. The second kappa shape index (κ2) is 5.29. The van der Waals surface area contributed by atoms with Crippen LogP contribution >= 0.6 is 12.2 Å². The quantitative estimate of drug-likeness (QED) is 0.859. The topological polar surface area (TPSA) is 46.3 Å². The van der Waals surface area contributed by atoms with Crippen molar-refractivity contribution in [1.82, 2.24) is 4.90 Å². The van der Waals surface area contributed by atoms with Crippen LogP contribution in [0.5, 0.6) is 0 Å². The highest BCUT2D eigenvalue weighted by molar-refractivity contribution is 7.80. The molecule has 0 atom stereocenters. The number of rotatable bonds is 4. The van der Waals surface area contributed by atoms with E-state index in [-0.39, 0.29) is 5.91 Å². The molecule has 0 heterocycles. The Hall–Kier alpha value is -1.42. The molecule has 1 fully saturated rings. The minimum absolute atomic E-state index is 0.0574. The number of carbonyl (C=O) groups excluding carboxylic acids is 1. The monoisotopic (exact) mass is 276 g/mol. The zero-order valence-electron chi connectivity index (χ0n) is 11.4. The molecule has 0 aromatic heterocycles. The van der Waals surface area contributed by atoms with Gasteiger partial charge in [0, 0.05) is 13.6 Å². The maximum Gasteiger partial charge on any atom is 0.235 e. The van der Waals surface area contributed by atoms with Gasteiger partial charge in [0.15, 0.2) is 0 Å². The second-order valence-corrected chi connectivity index (χ2v) is 6.05. The number of nitrogens with zero attached hydrogens (tertiary/aromatic N) is 1. The van der Waals surface area contributed by atoms with Crippen molar-refractivity contribution in [3.8, 4) is 0 Å². The molecule has 0 spiro atoms. The van der Waals surface area contributed by atoms with Crippen molar-refractivity contribution in [2.75, 3.05) is 7.05 Å². The molecule has 19 heavy (non-hydrogen) atoms. The fraction of sp³-hybridized carbons (Fsp3) is 0.467. The van der Waals surface area contributed by atoms with Gasteiger partial charge in [-0.05, 0) is 24.3 Å². The van der Waals surface area contributed by atoms with Crippen LogP contribution in [-0.4, -0.2) is 22.8 Å². The normalized spacial score (nSPS) is 25.5. The number of hydrogen-bond acceptors (Lipinski definition) is 2. The number of carbonyl (C=O) groups is 1. The summed E-state index contributed by atoms with van der Waals surface area (Å²) in [5.41, 5.74) is 6.33. The maximum absolute atomic E-state index is 12.6. The summed E-state index contributed by atoms with van der Waals surface area (Å²) in [6.45, 7) is 2.72. The number of nitrogens with two attached hydrogens (primary N) is 1. The third-order valence-electron chi connectivity index (χ3n) is 3.88. The van der Waals surface area contributed by atoms with Crippen LogP contribution in [0.1, 0.15) is 25.3 Å². The van der Waals surface area contributed by atoms with Gasteiger partial charge in [-0.25, -0.2) is 0 Å². The van der Waals surface area contributed by atoms with Crippen molar-refractivity contribution < 1.29 is 4.79 Å². The van der Waals surface area contributed by atoms with Gasteiger partial charge < -0.3 is 10.6 Å². The van der Waals surface area contributed by atoms with Gasteiger partial charge in [0.25, 0.3) is 0 Å². The van der Waals surface area contributed by atoms with Gasteiger partial charge in [-0.1, -0.05) is 49.5 Å². The number of benzene rings is 1. The van der Waals surface area contributed by atoms with Crippen LogP contribution in [0.4, 0.5) is 0 Å². The summed E-state index contributed by atoms with van der Waals surface area (Å²) in [7, 11) is 1.82. The standard InChI is InChI=1S/C15H20N2OS/c1-11-8-15(9-11,13(16)19)14(18)17(2)10-12-6-4-3-5-7-12/h3-7,11H,8-10H2,1-2H3,(H2,16,19). The van der Waals surface area contributed by atoms with E-state index in [4.69, 9.17) is 18.0 Å². The minimum atomic E-state index is -0.599. The first-order valence-corrected chi connectivity index (χ1v) is 6.96. The molecule has 1 aliphatic carbocycles. The lowest BCUT2D eigenvalue weighted by Gasteiger charge is -2.46. The Bertz CT molecular complexity index is 480. The van der Waals surface area contributed by atoms with Crippen LogP contribution in [0.3, 0.4) is 0 Å². The first kappa shape index (κ1) is 14.0. The Balaban J connectivity index is 2.08. The van der Waals surface area contributed by atoms with Crippen LogP contribution in [0.15, 0.2) is 30.3 Å². The second-order valence-electron chi connectivity index (χ2n) is 5.61. The summed E-state index contributed by atoms with van der Waals surface area (Å²) in [5, 5.41) is 0. The first-order chi connectivity index (χ1) is 8.95. The largest absolute Gasteiger partial charge is 0.392 e. The average molecular weight is 276 g/mol. The van der Waals surface area contributed by atoms with Crippen molar-refractivity contribution in [3.63, 3.8) is 0 Å². The van der Waals surface area contributed by atoms with Crippen molar-refractivity contribution in [2.24, 2.45) is 17.1 Å². The third-order valence-corrected chi connectivity index (χ3v) is 4.27. The summed E-state index contributed by atoms with van der Waals surface area (Å²) < 4.78 is 0. The van der Waals surface area contributed by atoms with Crippen molar-refractivity contribution in [2.45, 2.75) is 26.3 Å². The van der Waals surface area contributed by atoms with Gasteiger partial charge in [0.2, 0.25) is 5.91 Å². The minimum Gasteiger partial charge on any atom is -0.392 e. The van der Waals surface area contributed by atoms with Gasteiger partial charge in [-0.2, -0.15) is 0 Å². The zero-order valence-corrected chi connectivity index (χ0v) is 12.2. The van der Waals surface area contributed by atoms with E-state index in [9.17, 15) is 4.79 Å². The lowest BCUT2D eigenvalue weighted by molar-refractivity contribution is -0.143. The summed E-state index contributed by atoms with van der Waals surface area (Å²) in [6.07, 6.45) is 1.56.